The number of nitrogens with zero attached hydrogens (tertiary/aromatic N) is 1. The Labute approximate surface area is 141 Å². The van der Waals surface area contributed by atoms with Crippen LogP contribution in [0.3, 0.4) is 0 Å². The van der Waals surface area contributed by atoms with E-state index in [2.05, 4.69) is 22.4 Å². The minimum atomic E-state index is -0.561. The summed E-state index contributed by atoms with van der Waals surface area (Å²) in [6, 6.07) is 18.2. The number of pyridine rings is 1. The van der Waals surface area contributed by atoms with Gasteiger partial charge in [0.2, 0.25) is 0 Å². The highest BCUT2D eigenvalue weighted by atomic mass is 16.5. The third-order valence-electron chi connectivity index (χ3n) is 4.48. The van der Waals surface area contributed by atoms with Crippen LogP contribution >= 0.6 is 0 Å². The summed E-state index contributed by atoms with van der Waals surface area (Å²) in [5, 5.41) is 14.9. The van der Waals surface area contributed by atoms with E-state index in [0.717, 1.165) is 35.2 Å². The number of nitrogens with one attached hydrogen (secondary N) is 1. The molecular weight excluding hydrogens is 300 g/mol. The van der Waals surface area contributed by atoms with Crippen molar-refractivity contribution in [1.29, 1.82) is 0 Å². The molecule has 0 spiro atoms. The standard InChI is InChI=1S/C20H20N2O2/c23-18-13-24-19-11-15-7-4-9-21-17(15)12-16(19)20(18)22-10-8-14-5-2-1-3-6-14/h1-7,9,11-12,18,20,22-23H,8,10,13H2. The lowest BCUT2D eigenvalue weighted by molar-refractivity contribution is 0.0554. The lowest BCUT2D eigenvalue weighted by Crippen LogP contribution is -2.40. The second-order valence-corrected chi connectivity index (χ2v) is 6.13. The molecule has 0 radical (unpaired) electrons. The van der Waals surface area contributed by atoms with Gasteiger partial charge in [-0.1, -0.05) is 36.4 Å². The number of benzene rings is 2. The molecule has 24 heavy (non-hydrogen) atoms. The van der Waals surface area contributed by atoms with E-state index >= 15 is 0 Å². The van der Waals surface area contributed by atoms with Crippen molar-refractivity contribution in [2.75, 3.05) is 13.2 Å². The summed E-state index contributed by atoms with van der Waals surface area (Å²) < 4.78 is 5.72. The summed E-state index contributed by atoms with van der Waals surface area (Å²) in [4.78, 5) is 4.41. The molecule has 1 aliphatic rings. The topological polar surface area (TPSA) is 54.4 Å². The summed E-state index contributed by atoms with van der Waals surface area (Å²) in [6.07, 6.45) is 2.15. The molecule has 0 fully saturated rings. The Morgan fingerprint density at radius 3 is 2.88 bits per heavy atom. The first kappa shape index (κ1) is 15.1. The maximum Gasteiger partial charge on any atom is 0.125 e. The molecule has 2 aromatic carbocycles. The van der Waals surface area contributed by atoms with Crippen LogP contribution in [0.1, 0.15) is 17.2 Å². The van der Waals surface area contributed by atoms with Crippen LogP contribution in [0, 0.1) is 0 Å². The SMILES string of the molecule is OC1COc2cc3cccnc3cc2C1NCCc1ccccc1. The maximum atomic E-state index is 10.4. The van der Waals surface area contributed by atoms with Gasteiger partial charge in [-0.3, -0.25) is 4.98 Å². The molecule has 4 nitrogen and oxygen atoms in total. The molecule has 2 heterocycles. The van der Waals surface area contributed by atoms with Gasteiger partial charge in [0.05, 0.1) is 11.6 Å². The molecule has 0 saturated carbocycles. The number of rotatable bonds is 4. The molecule has 0 amide bonds. The van der Waals surface area contributed by atoms with Gasteiger partial charge in [0, 0.05) is 17.1 Å². The number of aliphatic hydroxyl groups excluding tert-OH is 1. The second-order valence-electron chi connectivity index (χ2n) is 6.13. The number of fused-ring (bicyclic) bond motifs is 2. The fourth-order valence-electron chi connectivity index (χ4n) is 3.22. The summed E-state index contributed by atoms with van der Waals surface area (Å²) in [7, 11) is 0. The van der Waals surface area contributed by atoms with Crippen molar-refractivity contribution in [3.8, 4) is 5.75 Å². The average molecular weight is 320 g/mol. The van der Waals surface area contributed by atoms with Crippen molar-refractivity contribution in [3.05, 3.63) is 71.9 Å². The Morgan fingerprint density at radius 1 is 1.12 bits per heavy atom. The number of hydrogen-bond donors (Lipinski definition) is 2. The number of aromatic nitrogens is 1. The highest BCUT2D eigenvalue weighted by Crippen LogP contribution is 2.35. The van der Waals surface area contributed by atoms with Gasteiger partial charge in [0.25, 0.3) is 0 Å². The van der Waals surface area contributed by atoms with Gasteiger partial charge in [-0.05, 0) is 36.7 Å². The second kappa shape index (κ2) is 6.59. The van der Waals surface area contributed by atoms with Crippen molar-refractivity contribution in [1.82, 2.24) is 10.3 Å². The predicted octanol–water partition coefficient (Wildman–Crippen LogP) is 2.86. The third kappa shape index (κ3) is 2.98. The first-order valence-electron chi connectivity index (χ1n) is 8.28. The fraction of sp³-hybridized carbons (Fsp3) is 0.250. The Balaban J connectivity index is 1.56. The van der Waals surface area contributed by atoms with E-state index in [1.807, 2.05) is 42.5 Å². The summed E-state index contributed by atoms with van der Waals surface area (Å²) in [5.41, 5.74) is 3.18. The molecule has 2 unspecified atom stereocenters. The van der Waals surface area contributed by atoms with Gasteiger partial charge in [-0.15, -0.1) is 0 Å². The highest BCUT2D eigenvalue weighted by Gasteiger charge is 2.29. The molecule has 0 saturated heterocycles. The summed E-state index contributed by atoms with van der Waals surface area (Å²) in [5.74, 6) is 0.831. The minimum absolute atomic E-state index is 0.135. The van der Waals surface area contributed by atoms with Crippen molar-refractivity contribution < 1.29 is 9.84 Å². The molecule has 0 aliphatic carbocycles. The van der Waals surface area contributed by atoms with Gasteiger partial charge >= 0.3 is 0 Å². The molecule has 4 heteroatoms. The first-order chi connectivity index (χ1) is 11.8. The maximum absolute atomic E-state index is 10.4. The van der Waals surface area contributed by atoms with Crippen molar-refractivity contribution in [2.24, 2.45) is 0 Å². The monoisotopic (exact) mass is 320 g/mol. The molecule has 3 aromatic rings. The smallest absolute Gasteiger partial charge is 0.125 e. The zero-order valence-corrected chi connectivity index (χ0v) is 13.4. The fourth-order valence-corrected chi connectivity index (χ4v) is 3.22. The van der Waals surface area contributed by atoms with Gasteiger partial charge in [-0.25, -0.2) is 0 Å². The van der Waals surface area contributed by atoms with E-state index in [9.17, 15) is 5.11 Å². The number of hydrogen-bond acceptors (Lipinski definition) is 4. The molecule has 0 bridgehead atoms. The van der Waals surface area contributed by atoms with E-state index in [-0.39, 0.29) is 6.04 Å². The van der Waals surface area contributed by atoms with Crippen molar-refractivity contribution in [3.63, 3.8) is 0 Å². The largest absolute Gasteiger partial charge is 0.490 e. The Morgan fingerprint density at radius 2 is 2.00 bits per heavy atom. The Kier molecular flexibility index (Phi) is 4.15. The summed E-state index contributed by atoms with van der Waals surface area (Å²) in [6.45, 7) is 1.10. The van der Waals surface area contributed by atoms with E-state index in [0.29, 0.717) is 6.61 Å². The lowest BCUT2D eigenvalue weighted by atomic mass is 9.96. The first-order valence-corrected chi connectivity index (χ1v) is 8.28. The zero-order valence-electron chi connectivity index (χ0n) is 13.4. The predicted molar refractivity (Wildman–Crippen MR) is 94.1 cm³/mol. The number of ether oxygens (including phenoxy) is 1. The quantitative estimate of drug-likeness (QED) is 0.776. The molecule has 1 aliphatic heterocycles. The molecule has 122 valence electrons. The van der Waals surface area contributed by atoms with Crippen LogP contribution in [0.2, 0.25) is 0 Å². The average Bonchev–Trinajstić information content (AvgIpc) is 2.63. The van der Waals surface area contributed by atoms with E-state index in [1.54, 1.807) is 6.20 Å². The molecule has 4 rings (SSSR count). The minimum Gasteiger partial charge on any atom is -0.490 e. The van der Waals surface area contributed by atoms with Gasteiger partial charge in [-0.2, -0.15) is 0 Å². The van der Waals surface area contributed by atoms with Crippen LogP contribution < -0.4 is 10.1 Å². The molecule has 2 atom stereocenters. The van der Waals surface area contributed by atoms with Crippen LogP contribution in [-0.4, -0.2) is 29.3 Å². The van der Waals surface area contributed by atoms with E-state index in [1.165, 1.54) is 5.56 Å². The van der Waals surface area contributed by atoms with Crippen molar-refractivity contribution >= 4 is 10.9 Å². The van der Waals surface area contributed by atoms with Gasteiger partial charge in [0.15, 0.2) is 0 Å². The van der Waals surface area contributed by atoms with Gasteiger partial charge in [0.1, 0.15) is 18.5 Å². The normalized spacial score (nSPS) is 19.7. The van der Waals surface area contributed by atoms with E-state index in [4.69, 9.17) is 4.74 Å². The van der Waals surface area contributed by atoms with Crippen molar-refractivity contribution in [2.45, 2.75) is 18.6 Å². The van der Waals surface area contributed by atoms with E-state index < -0.39 is 6.10 Å². The zero-order chi connectivity index (χ0) is 16.4. The van der Waals surface area contributed by atoms with Crippen LogP contribution in [-0.2, 0) is 6.42 Å². The highest BCUT2D eigenvalue weighted by molar-refractivity contribution is 5.81. The lowest BCUT2D eigenvalue weighted by Gasteiger charge is -2.31. The summed E-state index contributed by atoms with van der Waals surface area (Å²) >= 11 is 0. The number of aliphatic hydroxyl groups is 1. The van der Waals surface area contributed by atoms with Crippen LogP contribution in [0.25, 0.3) is 10.9 Å². The third-order valence-corrected chi connectivity index (χ3v) is 4.48. The Bertz CT molecular complexity index is 835. The van der Waals surface area contributed by atoms with Crippen LogP contribution in [0.4, 0.5) is 0 Å². The van der Waals surface area contributed by atoms with Crippen LogP contribution in [0.15, 0.2) is 60.8 Å². The molecular formula is C20H20N2O2. The van der Waals surface area contributed by atoms with Crippen LogP contribution in [0.5, 0.6) is 5.75 Å². The molecule has 1 aromatic heterocycles. The molecule has 2 N–H and O–H groups in total. The van der Waals surface area contributed by atoms with Gasteiger partial charge < -0.3 is 15.2 Å². The Hall–Kier alpha value is -2.43.